The first kappa shape index (κ1) is 14.7. The number of hydrogen-bond donors (Lipinski definition) is 1. The normalized spacial score (nSPS) is 10.1. The Morgan fingerprint density at radius 2 is 1.95 bits per heavy atom. The van der Waals surface area contributed by atoms with Gasteiger partial charge in [-0.25, -0.2) is 8.78 Å². The molecule has 0 spiro atoms. The highest BCUT2D eigenvalue weighted by molar-refractivity contribution is 5.95. The Balaban J connectivity index is 2.97. The van der Waals surface area contributed by atoms with Gasteiger partial charge in [-0.05, 0) is 6.92 Å². The summed E-state index contributed by atoms with van der Waals surface area (Å²) in [6.45, 7) is 1.27. The number of benzene rings is 1. The molecule has 0 aliphatic carbocycles. The Morgan fingerprint density at radius 1 is 1.32 bits per heavy atom. The van der Waals surface area contributed by atoms with Crippen molar-refractivity contribution < 1.29 is 23.3 Å². The van der Waals surface area contributed by atoms with E-state index >= 15 is 0 Å². The fraction of sp³-hybridized carbons (Fsp3) is 0.273. The molecule has 0 radical (unpaired) electrons. The number of nitro groups is 1. The third-order valence-electron chi connectivity index (χ3n) is 2.20. The monoisotopic (exact) mass is 272 g/mol. The van der Waals surface area contributed by atoms with Gasteiger partial charge in [0.15, 0.2) is 11.5 Å². The number of halogens is 2. The van der Waals surface area contributed by atoms with Crippen molar-refractivity contribution in [3.05, 3.63) is 33.9 Å². The smallest absolute Gasteiger partial charge is 0.298 e. The summed E-state index contributed by atoms with van der Waals surface area (Å²) in [5.41, 5.74) is -1.59. The summed E-state index contributed by atoms with van der Waals surface area (Å²) in [5, 5.41) is 12.6. The second-order valence-electron chi connectivity index (χ2n) is 3.79. The molecule has 0 heterocycles. The molecule has 0 atom stereocenters. The first-order valence-corrected chi connectivity index (χ1v) is 5.24. The average molecular weight is 272 g/mol. The molecule has 1 aromatic rings. The van der Waals surface area contributed by atoms with Crippen molar-refractivity contribution in [1.82, 2.24) is 0 Å². The molecular formula is C11H10F2N2O4. The summed E-state index contributed by atoms with van der Waals surface area (Å²) in [6.07, 6.45) is -0.300. The van der Waals surface area contributed by atoms with Gasteiger partial charge in [0.2, 0.25) is 5.91 Å². The van der Waals surface area contributed by atoms with Crippen LogP contribution in [0.3, 0.4) is 0 Å². The van der Waals surface area contributed by atoms with Crippen molar-refractivity contribution >= 4 is 23.1 Å². The molecule has 0 saturated carbocycles. The maximum absolute atomic E-state index is 13.4. The number of nitrogens with one attached hydrogen (secondary N) is 1. The Morgan fingerprint density at radius 3 is 2.47 bits per heavy atom. The number of rotatable bonds is 5. The molecule has 0 bridgehead atoms. The highest BCUT2D eigenvalue weighted by Crippen LogP contribution is 2.28. The van der Waals surface area contributed by atoms with Crippen LogP contribution in [0.4, 0.5) is 20.2 Å². The van der Waals surface area contributed by atoms with Gasteiger partial charge in [0.25, 0.3) is 5.69 Å². The summed E-state index contributed by atoms with van der Waals surface area (Å²) < 4.78 is 26.3. The van der Waals surface area contributed by atoms with Gasteiger partial charge < -0.3 is 10.1 Å². The number of amides is 1. The van der Waals surface area contributed by atoms with Gasteiger partial charge in [-0.15, -0.1) is 0 Å². The van der Waals surface area contributed by atoms with Gasteiger partial charge in [-0.1, -0.05) is 0 Å². The highest BCUT2D eigenvalue weighted by atomic mass is 19.1. The lowest BCUT2D eigenvalue weighted by molar-refractivity contribution is -0.384. The van der Waals surface area contributed by atoms with Crippen LogP contribution >= 0.6 is 0 Å². The van der Waals surface area contributed by atoms with E-state index in [1.165, 1.54) is 6.92 Å². The molecule has 0 unspecified atom stereocenters. The Kier molecular flexibility index (Phi) is 4.62. The van der Waals surface area contributed by atoms with E-state index in [1.54, 1.807) is 0 Å². The summed E-state index contributed by atoms with van der Waals surface area (Å²) in [5.74, 6) is -3.37. The molecule has 0 aliphatic rings. The van der Waals surface area contributed by atoms with Gasteiger partial charge in [0.05, 0.1) is 11.0 Å². The van der Waals surface area contributed by atoms with Crippen LogP contribution in [-0.2, 0) is 9.59 Å². The fourth-order valence-corrected chi connectivity index (χ4v) is 1.32. The first-order valence-electron chi connectivity index (χ1n) is 5.24. The number of nitrogens with zero attached hydrogens (tertiary/aromatic N) is 1. The number of nitro benzene ring substituents is 1. The summed E-state index contributed by atoms with van der Waals surface area (Å²) in [4.78, 5) is 31.7. The van der Waals surface area contributed by atoms with E-state index in [0.29, 0.717) is 12.1 Å². The second-order valence-corrected chi connectivity index (χ2v) is 3.79. The molecular weight excluding hydrogens is 262 g/mol. The quantitative estimate of drug-likeness (QED) is 0.657. The number of Topliss-reactive ketones (excluding diaryl/α,β-unsaturated/α-hetero) is 1. The summed E-state index contributed by atoms with van der Waals surface area (Å²) in [7, 11) is 0. The Hall–Kier alpha value is -2.38. The molecule has 0 fully saturated rings. The average Bonchev–Trinajstić information content (AvgIpc) is 2.29. The number of carbonyl (C=O) groups is 2. The van der Waals surface area contributed by atoms with Gasteiger partial charge in [-0.2, -0.15) is 0 Å². The van der Waals surface area contributed by atoms with E-state index in [9.17, 15) is 28.5 Å². The van der Waals surface area contributed by atoms with Crippen molar-refractivity contribution in [3.8, 4) is 0 Å². The van der Waals surface area contributed by atoms with Crippen molar-refractivity contribution in [2.24, 2.45) is 0 Å². The Bertz CT molecular complexity index is 546. The highest BCUT2D eigenvalue weighted by Gasteiger charge is 2.22. The number of carbonyl (C=O) groups excluding carboxylic acids is 2. The topological polar surface area (TPSA) is 89.3 Å². The zero-order chi connectivity index (χ0) is 14.6. The third-order valence-corrected chi connectivity index (χ3v) is 2.20. The van der Waals surface area contributed by atoms with E-state index in [4.69, 9.17) is 0 Å². The van der Waals surface area contributed by atoms with E-state index in [1.807, 2.05) is 5.32 Å². The molecule has 0 saturated heterocycles. The van der Waals surface area contributed by atoms with Gasteiger partial charge in [-0.3, -0.25) is 14.9 Å². The molecule has 0 aromatic heterocycles. The standard InChI is InChI=1S/C11H10F2N2O4/c1-6(16)2-3-10(17)14-11-8(13)4-7(12)5-9(11)15(18)19/h4-5H,2-3H2,1H3,(H,14,17). The van der Waals surface area contributed by atoms with Crippen LogP contribution in [0.5, 0.6) is 0 Å². The molecule has 8 heteroatoms. The third kappa shape index (κ3) is 4.09. The predicted molar refractivity (Wildman–Crippen MR) is 61.6 cm³/mol. The number of hydrogen-bond acceptors (Lipinski definition) is 4. The SMILES string of the molecule is CC(=O)CCC(=O)Nc1c(F)cc(F)cc1[N+](=O)[O-]. The van der Waals surface area contributed by atoms with Gasteiger partial charge in [0, 0.05) is 18.9 Å². The maximum Gasteiger partial charge on any atom is 0.298 e. The maximum atomic E-state index is 13.4. The predicted octanol–water partition coefficient (Wildman–Crippen LogP) is 2.18. The first-order chi connectivity index (χ1) is 8.81. The lowest BCUT2D eigenvalue weighted by Crippen LogP contribution is -2.15. The number of ketones is 1. The summed E-state index contributed by atoms with van der Waals surface area (Å²) >= 11 is 0. The van der Waals surface area contributed by atoms with Crippen molar-refractivity contribution in [2.45, 2.75) is 19.8 Å². The van der Waals surface area contributed by atoms with E-state index in [0.717, 1.165) is 0 Å². The van der Waals surface area contributed by atoms with Crippen molar-refractivity contribution in [2.75, 3.05) is 5.32 Å². The van der Waals surface area contributed by atoms with Crippen LogP contribution in [0.1, 0.15) is 19.8 Å². The molecule has 102 valence electrons. The van der Waals surface area contributed by atoms with Gasteiger partial charge in [0.1, 0.15) is 11.6 Å². The fourth-order valence-electron chi connectivity index (χ4n) is 1.32. The van der Waals surface area contributed by atoms with E-state index in [-0.39, 0.29) is 18.6 Å². The van der Waals surface area contributed by atoms with Crippen LogP contribution in [-0.4, -0.2) is 16.6 Å². The molecule has 1 aromatic carbocycles. The molecule has 19 heavy (non-hydrogen) atoms. The van der Waals surface area contributed by atoms with Crippen LogP contribution in [0, 0.1) is 21.7 Å². The van der Waals surface area contributed by atoms with Crippen molar-refractivity contribution in [3.63, 3.8) is 0 Å². The molecule has 1 rings (SSSR count). The zero-order valence-electron chi connectivity index (χ0n) is 9.91. The zero-order valence-corrected chi connectivity index (χ0v) is 9.91. The molecule has 1 N–H and O–H groups in total. The lowest BCUT2D eigenvalue weighted by atomic mass is 10.2. The van der Waals surface area contributed by atoms with Crippen LogP contribution in [0.25, 0.3) is 0 Å². The minimum atomic E-state index is -1.25. The largest absolute Gasteiger partial charge is 0.318 e. The number of anilines is 1. The minimum absolute atomic E-state index is 0.0670. The molecule has 6 nitrogen and oxygen atoms in total. The second kappa shape index (κ2) is 5.98. The van der Waals surface area contributed by atoms with Crippen molar-refractivity contribution in [1.29, 1.82) is 0 Å². The minimum Gasteiger partial charge on any atom is -0.318 e. The molecule has 1 amide bonds. The lowest BCUT2D eigenvalue weighted by Gasteiger charge is -2.06. The van der Waals surface area contributed by atoms with Crippen LogP contribution in [0.2, 0.25) is 0 Å². The van der Waals surface area contributed by atoms with Crippen LogP contribution in [0.15, 0.2) is 12.1 Å². The summed E-state index contributed by atoms with van der Waals surface area (Å²) in [6, 6.07) is 0.928. The molecule has 0 aliphatic heterocycles. The Labute approximate surface area is 106 Å². The van der Waals surface area contributed by atoms with Gasteiger partial charge >= 0.3 is 0 Å². The van der Waals surface area contributed by atoms with E-state index in [2.05, 4.69) is 0 Å². The van der Waals surface area contributed by atoms with E-state index < -0.39 is 33.8 Å². The van der Waals surface area contributed by atoms with Crippen LogP contribution < -0.4 is 5.32 Å².